The van der Waals surface area contributed by atoms with Crippen molar-refractivity contribution in [3.05, 3.63) is 28.5 Å². The highest BCUT2D eigenvalue weighted by atomic mass is 79.9. The fourth-order valence-electron chi connectivity index (χ4n) is 2.57. The van der Waals surface area contributed by atoms with Gasteiger partial charge in [0.1, 0.15) is 17.1 Å². The summed E-state index contributed by atoms with van der Waals surface area (Å²) in [5.74, 6) is -1.50. The summed E-state index contributed by atoms with van der Waals surface area (Å²) in [6, 6.07) is 3.89. The zero-order chi connectivity index (χ0) is 16.5. The molecular formula is C15H17BrFNO4. The third-order valence-corrected chi connectivity index (χ3v) is 4.53. The first-order valence-electron chi connectivity index (χ1n) is 6.92. The molecule has 0 bridgehead atoms. The highest BCUT2D eigenvalue weighted by Crippen LogP contribution is 2.31. The Morgan fingerprint density at radius 2 is 2.18 bits per heavy atom. The van der Waals surface area contributed by atoms with E-state index < -0.39 is 29.3 Å². The van der Waals surface area contributed by atoms with Crippen LogP contribution in [0.3, 0.4) is 0 Å². The Morgan fingerprint density at radius 3 is 2.77 bits per heavy atom. The summed E-state index contributed by atoms with van der Waals surface area (Å²) < 4.78 is 19.0. The van der Waals surface area contributed by atoms with Crippen molar-refractivity contribution in [3.63, 3.8) is 0 Å². The summed E-state index contributed by atoms with van der Waals surface area (Å²) in [5, 5.41) is 9.35. The van der Waals surface area contributed by atoms with Crippen molar-refractivity contribution in [2.24, 2.45) is 0 Å². The molecule has 1 aliphatic rings. The number of likely N-dealkylation sites (tertiary alicyclic amines) is 1. The topological polar surface area (TPSA) is 66.8 Å². The van der Waals surface area contributed by atoms with E-state index in [9.17, 15) is 19.1 Å². The molecule has 22 heavy (non-hydrogen) atoms. The number of rotatable bonds is 4. The van der Waals surface area contributed by atoms with Crippen LogP contribution in [0.1, 0.15) is 26.7 Å². The fourth-order valence-corrected chi connectivity index (χ4v) is 3.01. The van der Waals surface area contributed by atoms with Gasteiger partial charge < -0.3 is 14.7 Å². The Hall–Kier alpha value is -1.63. The van der Waals surface area contributed by atoms with Gasteiger partial charge in [0, 0.05) is 6.54 Å². The first-order chi connectivity index (χ1) is 10.3. The van der Waals surface area contributed by atoms with E-state index in [-0.39, 0.29) is 0 Å². The van der Waals surface area contributed by atoms with Crippen molar-refractivity contribution in [3.8, 4) is 5.75 Å². The van der Waals surface area contributed by atoms with Crippen LogP contribution in [0.25, 0.3) is 0 Å². The quantitative estimate of drug-likeness (QED) is 0.880. The maximum absolute atomic E-state index is 13.1. The zero-order valence-corrected chi connectivity index (χ0v) is 13.9. The highest BCUT2D eigenvalue weighted by molar-refractivity contribution is 9.10. The standard InChI is InChI=1S/C15H17BrFNO4/c1-9(22-12-5-4-10(17)8-11(12)16)13(19)18-7-3-6-15(18,2)14(20)21/h4-5,8-9H,3,6-7H2,1-2H3,(H,20,21). The van der Waals surface area contributed by atoms with Crippen molar-refractivity contribution in [2.45, 2.75) is 38.3 Å². The van der Waals surface area contributed by atoms with Gasteiger partial charge in [-0.05, 0) is 60.8 Å². The lowest BCUT2D eigenvalue weighted by Crippen LogP contribution is -2.54. The number of hydrogen-bond acceptors (Lipinski definition) is 3. The lowest BCUT2D eigenvalue weighted by molar-refractivity contribution is -0.157. The molecule has 5 nitrogen and oxygen atoms in total. The Morgan fingerprint density at radius 1 is 1.50 bits per heavy atom. The smallest absolute Gasteiger partial charge is 0.329 e. The Balaban J connectivity index is 2.14. The average Bonchev–Trinajstić information content (AvgIpc) is 2.84. The number of ether oxygens (including phenoxy) is 1. The van der Waals surface area contributed by atoms with Gasteiger partial charge in [-0.15, -0.1) is 0 Å². The maximum Gasteiger partial charge on any atom is 0.329 e. The maximum atomic E-state index is 13.1. The summed E-state index contributed by atoms with van der Waals surface area (Å²) in [6.45, 7) is 3.49. The largest absolute Gasteiger partial charge is 0.480 e. The summed E-state index contributed by atoms with van der Waals surface area (Å²) in [7, 11) is 0. The summed E-state index contributed by atoms with van der Waals surface area (Å²) in [5.41, 5.74) is -1.20. The van der Waals surface area contributed by atoms with Gasteiger partial charge in [-0.3, -0.25) is 4.79 Å². The molecule has 1 aliphatic heterocycles. The number of carbonyl (C=O) groups is 2. The molecule has 0 saturated carbocycles. The van der Waals surface area contributed by atoms with Gasteiger partial charge in [-0.2, -0.15) is 0 Å². The van der Waals surface area contributed by atoms with Gasteiger partial charge in [0.05, 0.1) is 4.47 Å². The van der Waals surface area contributed by atoms with E-state index in [4.69, 9.17) is 4.74 Å². The van der Waals surface area contributed by atoms with Crippen molar-refractivity contribution < 1.29 is 23.8 Å². The molecule has 1 fully saturated rings. The third-order valence-electron chi connectivity index (χ3n) is 3.91. The van der Waals surface area contributed by atoms with E-state index in [1.54, 1.807) is 13.8 Å². The Kier molecular flexibility index (Phi) is 4.75. The van der Waals surface area contributed by atoms with Crippen LogP contribution in [0.2, 0.25) is 0 Å². The van der Waals surface area contributed by atoms with Crippen LogP contribution < -0.4 is 4.74 Å². The predicted molar refractivity (Wildman–Crippen MR) is 81.2 cm³/mol. The third kappa shape index (κ3) is 3.09. The normalized spacial score (nSPS) is 22.5. The minimum absolute atomic E-state index is 0.332. The molecule has 1 aromatic carbocycles. The van der Waals surface area contributed by atoms with Crippen LogP contribution >= 0.6 is 15.9 Å². The van der Waals surface area contributed by atoms with Crippen molar-refractivity contribution in [1.82, 2.24) is 4.90 Å². The Labute approximate surface area is 136 Å². The molecule has 2 unspecified atom stereocenters. The molecule has 1 amide bonds. The number of benzene rings is 1. The van der Waals surface area contributed by atoms with Crippen LogP contribution in [-0.4, -0.2) is 40.1 Å². The molecule has 2 rings (SSSR count). The number of carboxylic acid groups (broad SMARTS) is 1. The van der Waals surface area contributed by atoms with E-state index in [2.05, 4.69) is 15.9 Å². The Bertz CT molecular complexity index is 609. The van der Waals surface area contributed by atoms with Crippen molar-refractivity contribution >= 4 is 27.8 Å². The van der Waals surface area contributed by atoms with Crippen molar-refractivity contribution in [1.29, 1.82) is 0 Å². The van der Waals surface area contributed by atoms with Crippen LogP contribution in [0.15, 0.2) is 22.7 Å². The van der Waals surface area contributed by atoms with Crippen LogP contribution in [-0.2, 0) is 9.59 Å². The number of hydrogen-bond donors (Lipinski definition) is 1. The first-order valence-corrected chi connectivity index (χ1v) is 7.71. The fraction of sp³-hybridized carbons (Fsp3) is 0.467. The predicted octanol–water partition coefficient (Wildman–Crippen LogP) is 2.82. The minimum atomic E-state index is -1.20. The number of carboxylic acids is 1. The highest BCUT2D eigenvalue weighted by Gasteiger charge is 2.47. The molecular weight excluding hydrogens is 357 g/mol. The number of amides is 1. The zero-order valence-electron chi connectivity index (χ0n) is 12.3. The van der Waals surface area contributed by atoms with Gasteiger partial charge in [0.25, 0.3) is 5.91 Å². The summed E-state index contributed by atoms with van der Waals surface area (Å²) in [6.07, 6.45) is 0.196. The van der Waals surface area contributed by atoms with Crippen LogP contribution in [0.5, 0.6) is 5.75 Å². The second kappa shape index (κ2) is 6.24. The number of aliphatic carboxylic acids is 1. The van der Waals surface area contributed by atoms with E-state index in [0.717, 1.165) is 0 Å². The molecule has 120 valence electrons. The summed E-state index contributed by atoms with van der Waals surface area (Å²) >= 11 is 3.17. The number of carbonyl (C=O) groups excluding carboxylic acids is 1. The van der Waals surface area contributed by atoms with E-state index >= 15 is 0 Å². The minimum Gasteiger partial charge on any atom is -0.480 e. The second-order valence-corrected chi connectivity index (χ2v) is 6.36. The van der Waals surface area contributed by atoms with Gasteiger partial charge >= 0.3 is 5.97 Å². The first kappa shape index (κ1) is 16.7. The monoisotopic (exact) mass is 373 g/mol. The molecule has 1 saturated heterocycles. The molecule has 1 heterocycles. The lowest BCUT2D eigenvalue weighted by atomic mass is 9.99. The van der Waals surface area contributed by atoms with Gasteiger partial charge in [0.2, 0.25) is 0 Å². The molecule has 1 aromatic rings. The second-order valence-electron chi connectivity index (χ2n) is 5.51. The SMILES string of the molecule is CC(Oc1ccc(F)cc1Br)C(=O)N1CCCC1(C)C(=O)O. The van der Waals surface area contributed by atoms with E-state index in [1.807, 2.05) is 0 Å². The number of nitrogens with zero attached hydrogens (tertiary/aromatic N) is 1. The van der Waals surface area contributed by atoms with E-state index in [1.165, 1.54) is 23.1 Å². The molecule has 2 atom stereocenters. The van der Waals surface area contributed by atoms with E-state index in [0.29, 0.717) is 29.6 Å². The lowest BCUT2D eigenvalue weighted by Gasteiger charge is -2.33. The molecule has 7 heteroatoms. The van der Waals surface area contributed by atoms with Crippen molar-refractivity contribution in [2.75, 3.05) is 6.54 Å². The molecule has 0 aromatic heterocycles. The molecule has 1 N–H and O–H groups in total. The molecule has 0 spiro atoms. The van der Waals surface area contributed by atoms with Crippen LogP contribution in [0, 0.1) is 5.82 Å². The van der Waals surface area contributed by atoms with Gasteiger partial charge in [0.15, 0.2) is 6.10 Å². The summed E-state index contributed by atoms with van der Waals surface area (Å²) in [4.78, 5) is 25.3. The van der Waals surface area contributed by atoms with Gasteiger partial charge in [-0.1, -0.05) is 0 Å². The van der Waals surface area contributed by atoms with Crippen LogP contribution in [0.4, 0.5) is 4.39 Å². The van der Waals surface area contributed by atoms with Gasteiger partial charge in [-0.25, -0.2) is 9.18 Å². The molecule has 0 aliphatic carbocycles. The number of halogens is 2. The average molecular weight is 374 g/mol. The molecule has 0 radical (unpaired) electrons.